The fourth-order valence-corrected chi connectivity index (χ4v) is 4.21. The fourth-order valence-electron chi connectivity index (χ4n) is 4.21. The number of hydrogen-bond donors (Lipinski definition) is 2. The summed E-state index contributed by atoms with van der Waals surface area (Å²) in [6, 6.07) is 8.42. The number of hydrogen-bond acceptors (Lipinski definition) is 4. The van der Waals surface area contributed by atoms with Gasteiger partial charge in [-0.3, -0.25) is 4.79 Å². The summed E-state index contributed by atoms with van der Waals surface area (Å²) in [6.45, 7) is 9.60. The number of halogens is 1. The summed E-state index contributed by atoms with van der Waals surface area (Å²) in [4.78, 5) is 18.8. The van der Waals surface area contributed by atoms with E-state index in [4.69, 9.17) is 9.47 Å². The Morgan fingerprint density at radius 1 is 1.13 bits per heavy atom. The molecule has 1 amide bonds. The minimum Gasteiger partial charge on any atom is -0.494 e. The van der Waals surface area contributed by atoms with Crippen molar-refractivity contribution in [2.45, 2.75) is 44.9 Å². The maximum absolute atomic E-state index is 12.4. The van der Waals surface area contributed by atoms with E-state index in [-0.39, 0.29) is 41.8 Å². The largest absolute Gasteiger partial charge is 0.494 e. The summed E-state index contributed by atoms with van der Waals surface area (Å²) in [5, 5.41) is 6.78. The molecule has 2 aliphatic rings. The molecule has 8 heteroatoms. The van der Waals surface area contributed by atoms with Crippen molar-refractivity contribution in [2.24, 2.45) is 4.99 Å². The van der Waals surface area contributed by atoms with Gasteiger partial charge in [0.05, 0.1) is 6.61 Å². The molecule has 0 aromatic heterocycles. The molecule has 2 aliphatic heterocycles. The first-order valence-corrected chi connectivity index (χ1v) is 11.3. The number of likely N-dealkylation sites (tertiary alicyclic amines) is 1. The van der Waals surface area contributed by atoms with Crippen LogP contribution in [0, 0.1) is 0 Å². The number of aliphatic imine (C=N–C) groups is 1. The first-order chi connectivity index (χ1) is 14.7. The predicted molar refractivity (Wildman–Crippen MR) is 135 cm³/mol. The van der Waals surface area contributed by atoms with Crippen molar-refractivity contribution in [2.75, 3.05) is 52.5 Å². The monoisotopic (exact) mass is 544 g/mol. The molecular weight excluding hydrogens is 507 g/mol. The lowest BCUT2D eigenvalue weighted by molar-refractivity contribution is -0.128. The zero-order valence-corrected chi connectivity index (χ0v) is 21.2. The second kappa shape index (κ2) is 13.1. The third-order valence-corrected chi connectivity index (χ3v) is 6.00. The van der Waals surface area contributed by atoms with Gasteiger partial charge < -0.3 is 25.0 Å². The smallest absolute Gasteiger partial charge is 0.244 e. The highest BCUT2D eigenvalue weighted by Gasteiger charge is 2.34. The third-order valence-electron chi connectivity index (χ3n) is 6.00. The molecule has 1 aromatic carbocycles. The Morgan fingerprint density at radius 3 is 2.42 bits per heavy atom. The summed E-state index contributed by atoms with van der Waals surface area (Å²) >= 11 is 0. The Hall–Kier alpha value is -1.55. The van der Waals surface area contributed by atoms with Gasteiger partial charge in [0, 0.05) is 44.8 Å². The van der Waals surface area contributed by atoms with Gasteiger partial charge in [-0.1, -0.05) is 12.1 Å². The predicted octanol–water partition coefficient (Wildman–Crippen LogP) is 2.93. The van der Waals surface area contributed by atoms with Crippen LogP contribution in [0.4, 0.5) is 0 Å². The van der Waals surface area contributed by atoms with Crippen molar-refractivity contribution in [3.8, 4) is 5.75 Å². The molecule has 0 bridgehead atoms. The topological polar surface area (TPSA) is 75.2 Å². The van der Waals surface area contributed by atoms with Crippen molar-refractivity contribution in [3.63, 3.8) is 0 Å². The maximum Gasteiger partial charge on any atom is 0.244 e. The molecule has 31 heavy (non-hydrogen) atoms. The second-order valence-electron chi connectivity index (χ2n) is 7.99. The molecule has 2 N–H and O–H groups in total. The zero-order valence-electron chi connectivity index (χ0n) is 18.8. The molecule has 0 spiro atoms. The molecule has 0 saturated carbocycles. The zero-order chi connectivity index (χ0) is 21.2. The van der Waals surface area contributed by atoms with Gasteiger partial charge in [0.2, 0.25) is 5.91 Å². The van der Waals surface area contributed by atoms with Crippen molar-refractivity contribution in [1.82, 2.24) is 15.5 Å². The number of guanidine groups is 1. The van der Waals surface area contributed by atoms with Gasteiger partial charge in [0.25, 0.3) is 0 Å². The quantitative estimate of drug-likeness (QED) is 0.299. The standard InChI is InChI=1S/C23H36N4O3.HI/c1-3-24-22(25-17-21(28)27-13-5-6-14-27)26-18-23(11-15-29-16-12-23)19-7-9-20(10-8-19)30-4-2;/h7-10H,3-6,11-18H2,1-2H3,(H2,24,25,26);1H. The van der Waals surface area contributed by atoms with E-state index in [1.54, 1.807) is 0 Å². The van der Waals surface area contributed by atoms with Crippen LogP contribution in [0.2, 0.25) is 0 Å². The molecule has 2 fully saturated rings. The summed E-state index contributed by atoms with van der Waals surface area (Å²) in [7, 11) is 0. The van der Waals surface area contributed by atoms with Crippen LogP contribution in [-0.2, 0) is 14.9 Å². The number of nitrogens with zero attached hydrogens (tertiary/aromatic N) is 2. The minimum absolute atomic E-state index is 0. The Balaban J connectivity index is 0.00000341. The number of amides is 1. The first kappa shape index (κ1) is 25.7. The lowest BCUT2D eigenvalue weighted by atomic mass is 9.74. The molecule has 2 saturated heterocycles. The molecule has 0 unspecified atom stereocenters. The molecule has 1 aromatic rings. The average Bonchev–Trinajstić information content (AvgIpc) is 3.32. The van der Waals surface area contributed by atoms with Crippen LogP contribution in [-0.4, -0.2) is 69.3 Å². The Labute approximate surface area is 203 Å². The van der Waals surface area contributed by atoms with Crippen molar-refractivity contribution in [3.05, 3.63) is 29.8 Å². The number of rotatable bonds is 8. The fraction of sp³-hybridized carbons (Fsp3) is 0.652. The number of nitrogens with one attached hydrogen (secondary N) is 2. The highest BCUT2D eigenvalue weighted by molar-refractivity contribution is 14.0. The van der Waals surface area contributed by atoms with E-state index in [1.807, 2.05) is 30.9 Å². The van der Waals surface area contributed by atoms with Gasteiger partial charge in [-0.15, -0.1) is 24.0 Å². The first-order valence-electron chi connectivity index (χ1n) is 11.3. The van der Waals surface area contributed by atoms with Crippen LogP contribution < -0.4 is 15.4 Å². The van der Waals surface area contributed by atoms with Crippen molar-refractivity contribution < 1.29 is 14.3 Å². The van der Waals surface area contributed by atoms with E-state index in [0.717, 1.165) is 70.8 Å². The number of ether oxygens (including phenoxy) is 2. The Kier molecular flexibility index (Phi) is 10.9. The van der Waals surface area contributed by atoms with Crippen LogP contribution >= 0.6 is 24.0 Å². The Morgan fingerprint density at radius 2 is 1.81 bits per heavy atom. The van der Waals surface area contributed by atoms with Crippen LogP contribution in [0.1, 0.15) is 45.1 Å². The average molecular weight is 544 g/mol. The van der Waals surface area contributed by atoms with E-state index < -0.39 is 0 Å². The van der Waals surface area contributed by atoms with Crippen LogP contribution in [0.15, 0.2) is 29.3 Å². The van der Waals surface area contributed by atoms with Gasteiger partial charge in [0.15, 0.2) is 5.96 Å². The number of carbonyl (C=O) groups excluding carboxylic acids is 1. The number of carbonyl (C=O) groups is 1. The Bertz CT molecular complexity index is 699. The highest BCUT2D eigenvalue weighted by atomic mass is 127. The molecule has 3 rings (SSSR count). The normalized spacial score (nSPS) is 18.3. The molecule has 0 atom stereocenters. The third kappa shape index (κ3) is 7.24. The van der Waals surface area contributed by atoms with Crippen molar-refractivity contribution in [1.29, 1.82) is 0 Å². The van der Waals surface area contributed by atoms with E-state index in [0.29, 0.717) is 12.6 Å². The summed E-state index contributed by atoms with van der Waals surface area (Å²) in [5.74, 6) is 1.70. The lowest BCUT2D eigenvalue weighted by Crippen LogP contribution is -2.48. The summed E-state index contributed by atoms with van der Waals surface area (Å²) in [6.07, 6.45) is 4.08. The van der Waals surface area contributed by atoms with Crippen molar-refractivity contribution >= 4 is 35.8 Å². The highest BCUT2D eigenvalue weighted by Crippen LogP contribution is 2.35. The number of benzene rings is 1. The minimum atomic E-state index is -0.0296. The molecule has 2 heterocycles. The SMILES string of the molecule is CCNC(=NCC(=O)N1CCCC1)NCC1(c2ccc(OCC)cc2)CCOCC1.I. The van der Waals surface area contributed by atoms with Crippen LogP contribution in [0.5, 0.6) is 5.75 Å². The van der Waals surface area contributed by atoms with Gasteiger partial charge >= 0.3 is 0 Å². The van der Waals surface area contributed by atoms with Gasteiger partial charge in [-0.2, -0.15) is 0 Å². The summed E-state index contributed by atoms with van der Waals surface area (Å²) in [5.41, 5.74) is 1.25. The van der Waals surface area contributed by atoms with E-state index in [1.165, 1.54) is 5.56 Å². The lowest BCUT2D eigenvalue weighted by Gasteiger charge is -2.38. The molecular formula is C23H37IN4O3. The molecule has 174 valence electrons. The van der Waals surface area contributed by atoms with Crippen LogP contribution in [0.3, 0.4) is 0 Å². The molecule has 0 aliphatic carbocycles. The van der Waals surface area contributed by atoms with E-state index >= 15 is 0 Å². The molecule has 0 radical (unpaired) electrons. The van der Waals surface area contributed by atoms with E-state index in [2.05, 4.69) is 27.8 Å². The van der Waals surface area contributed by atoms with Gasteiger partial charge in [0.1, 0.15) is 12.3 Å². The van der Waals surface area contributed by atoms with Crippen LogP contribution in [0.25, 0.3) is 0 Å². The second-order valence-corrected chi connectivity index (χ2v) is 7.99. The molecule has 7 nitrogen and oxygen atoms in total. The van der Waals surface area contributed by atoms with Gasteiger partial charge in [-0.25, -0.2) is 4.99 Å². The van der Waals surface area contributed by atoms with E-state index in [9.17, 15) is 4.79 Å². The summed E-state index contributed by atoms with van der Waals surface area (Å²) < 4.78 is 11.3. The maximum atomic E-state index is 12.4. The van der Waals surface area contributed by atoms with Gasteiger partial charge in [-0.05, 0) is 57.2 Å².